The van der Waals surface area contributed by atoms with Crippen LogP contribution in [0.3, 0.4) is 0 Å². The zero-order chi connectivity index (χ0) is 21.3. The van der Waals surface area contributed by atoms with E-state index in [9.17, 15) is 0 Å². The van der Waals surface area contributed by atoms with E-state index in [2.05, 4.69) is 39.6 Å². The van der Waals surface area contributed by atoms with Crippen LogP contribution in [0.15, 0.2) is 41.5 Å². The quantitative estimate of drug-likeness (QED) is 0.306. The van der Waals surface area contributed by atoms with Crippen molar-refractivity contribution in [2.75, 3.05) is 44.1 Å². The van der Waals surface area contributed by atoms with Gasteiger partial charge in [0.25, 0.3) is 0 Å². The summed E-state index contributed by atoms with van der Waals surface area (Å²) in [5, 5.41) is 6.59. The Kier molecular flexibility index (Phi) is 10.2. The molecule has 2 N–H and O–H groups in total. The van der Waals surface area contributed by atoms with Crippen LogP contribution in [0, 0.1) is 5.92 Å². The summed E-state index contributed by atoms with van der Waals surface area (Å²) in [6.07, 6.45) is 4.40. The Morgan fingerprint density at radius 3 is 2.48 bits per heavy atom. The van der Waals surface area contributed by atoms with Gasteiger partial charge in [0.1, 0.15) is 5.82 Å². The molecule has 7 nitrogen and oxygen atoms in total. The topological polar surface area (TPSA) is 71.0 Å². The molecule has 1 fully saturated rings. The minimum Gasteiger partial charge on any atom is -0.493 e. The Hall–Kier alpha value is -2.23. The molecule has 1 aromatic carbocycles. The second-order valence-electron chi connectivity index (χ2n) is 7.58. The summed E-state index contributed by atoms with van der Waals surface area (Å²) in [7, 11) is 3.25. The Balaban J connectivity index is 0.00000341. The molecule has 0 bridgehead atoms. The molecule has 8 heteroatoms. The van der Waals surface area contributed by atoms with E-state index in [1.54, 1.807) is 14.2 Å². The number of aliphatic imine (C=N–C) groups is 1. The second kappa shape index (κ2) is 12.6. The van der Waals surface area contributed by atoms with E-state index >= 15 is 0 Å². The first kappa shape index (κ1) is 25.0. The van der Waals surface area contributed by atoms with Crippen LogP contribution >= 0.6 is 24.0 Å². The fraction of sp³-hybridized carbons (Fsp3) is 0.478. The molecule has 2 aromatic rings. The molecule has 0 saturated carbocycles. The number of nitrogens with one attached hydrogen (secondary N) is 2. The van der Waals surface area contributed by atoms with Crippen molar-refractivity contribution in [3.8, 4) is 11.5 Å². The van der Waals surface area contributed by atoms with Crippen LogP contribution in [-0.4, -0.2) is 44.8 Å². The number of methoxy groups -OCH3 is 2. The highest BCUT2D eigenvalue weighted by Gasteiger charge is 2.16. The van der Waals surface area contributed by atoms with Gasteiger partial charge in [-0.25, -0.2) is 9.98 Å². The first-order valence-corrected chi connectivity index (χ1v) is 10.6. The summed E-state index contributed by atoms with van der Waals surface area (Å²) in [6.45, 7) is 7.86. The number of benzene rings is 1. The predicted octanol–water partition coefficient (Wildman–Crippen LogP) is 4.53. The van der Waals surface area contributed by atoms with Gasteiger partial charge in [-0.3, -0.25) is 0 Å². The molecule has 0 radical (unpaired) electrons. The number of hydrogen-bond acceptors (Lipinski definition) is 5. The van der Waals surface area contributed by atoms with Crippen molar-refractivity contribution < 1.29 is 9.47 Å². The van der Waals surface area contributed by atoms with Gasteiger partial charge in [-0.2, -0.15) is 0 Å². The molecule has 0 amide bonds. The van der Waals surface area contributed by atoms with Gasteiger partial charge in [-0.1, -0.05) is 13.0 Å². The predicted molar refractivity (Wildman–Crippen MR) is 138 cm³/mol. The zero-order valence-corrected chi connectivity index (χ0v) is 21.2. The summed E-state index contributed by atoms with van der Waals surface area (Å²) in [5.41, 5.74) is 1.95. The van der Waals surface area contributed by atoms with Gasteiger partial charge < -0.3 is 25.0 Å². The maximum absolute atomic E-state index is 5.38. The number of ether oxygens (including phenoxy) is 2. The lowest BCUT2D eigenvalue weighted by Crippen LogP contribution is -2.33. The smallest absolute Gasteiger partial charge is 0.196 e. The maximum atomic E-state index is 5.38. The SMILES string of the molecule is CCNC(=NCc1ccc(N2CCC(C)CC2)nc1)Nc1ccc(OC)c(OC)c1.I. The molecule has 0 aliphatic carbocycles. The van der Waals surface area contributed by atoms with Gasteiger partial charge in [0.15, 0.2) is 17.5 Å². The van der Waals surface area contributed by atoms with Gasteiger partial charge in [-0.15, -0.1) is 24.0 Å². The van der Waals surface area contributed by atoms with Crippen molar-refractivity contribution in [2.45, 2.75) is 33.2 Å². The van der Waals surface area contributed by atoms with Crippen molar-refractivity contribution in [2.24, 2.45) is 10.9 Å². The van der Waals surface area contributed by atoms with E-state index in [1.807, 2.05) is 31.3 Å². The standard InChI is InChI=1S/C23H33N5O2.HI/c1-5-24-23(27-19-7-8-20(29-3)21(14-19)30-4)26-16-18-6-9-22(25-15-18)28-12-10-17(2)11-13-28;/h6-9,14-15,17H,5,10-13,16H2,1-4H3,(H2,24,26,27);1H. The molecule has 170 valence electrons. The normalized spacial score (nSPS) is 14.6. The van der Waals surface area contributed by atoms with Gasteiger partial charge in [0.2, 0.25) is 0 Å². The number of halogens is 1. The number of hydrogen-bond donors (Lipinski definition) is 2. The minimum atomic E-state index is 0. The van der Waals surface area contributed by atoms with E-state index in [1.165, 1.54) is 12.8 Å². The minimum absolute atomic E-state index is 0. The Labute approximate surface area is 202 Å². The molecule has 31 heavy (non-hydrogen) atoms. The third kappa shape index (κ3) is 7.15. The number of rotatable bonds is 7. The molecule has 3 rings (SSSR count). The van der Waals surface area contributed by atoms with E-state index in [-0.39, 0.29) is 24.0 Å². The summed E-state index contributed by atoms with van der Waals surface area (Å²) in [4.78, 5) is 11.7. The van der Waals surface area contributed by atoms with Crippen LogP contribution in [0.5, 0.6) is 11.5 Å². The van der Waals surface area contributed by atoms with Crippen LogP contribution < -0.4 is 25.0 Å². The average Bonchev–Trinajstić information content (AvgIpc) is 2.78. The molecular formula is C23H34IN5O2. The molecule has 1 aromatic heterocycles. The molecule has 0 spiro atoms. The molecule has 1 saturated heterocycles. The molecule has 0 unspecified atom stereocenters. The van der Waals surface area contributed by atoms with Gasteiger partial charge in [-0.05, 0) is 49.4 Å². The lowest BCUT2D eigenvalue weighted by Gasteiger charge is -2.31. The number of guanidine groups is 1. The lowest BCUT2D eigenvalue weighted by atomic mass is 9.99. The van der Waals surface area contributed by atoms with Crippen molar-refractivity contribution in [1.29, 1.82) is 0 Å². The first-order chi connectivity index (χ1) is 14.6. The molecular weight excluding hydrogens is 505 g/mol. The fourth-order valence-corrected chi connectivity index (χ4v) is 3.46. The molecule has 0 atom stereocenters. The molecule has 2 heterocycles. The third-order valence-corrected chi connectivity index (χ3v) is 5.33. The van der Waals surface area contributed by atoms with Gasteiger partial charge >= 0.3 is 0 Å². The number of aromatic nitrogens is 1. The van der Waals surface area contributed by atoms with Crippen molar-refractivity contribution in [3.63, 3.8) is 0 Å². The Bertz CT molecular complexity index is 836. The van der Waals surface area contributed by atoms with Crippen molar-refractivity contribution >= 4 is 41.4 Å². The maximum Gasteiger partial charge on any atom is 0.196 e. The van der Waals surface area contributed by atoms with Gasteiger partial charge in [0.05, 0.1) is 20.8 Å². The monoisotopic (exact) mass is 539 g/mol. The average molecular weight is 539 g/mol. The van der Waals surface area contributed by atoms with Crippen LogP contribution in [0.25, 0.3) is 0 Å². The largest absolute Gasteiger partial charge is 0.493 e. The Morgan fingerprint density at radius 1 is 1.13 bits per heavy atom. The van der Waals surface area contributed by atoms with E-state index in [0.717, 1.165) is 42.6 Å². The lowest BCUT2D eigenvalue weighted by molar-refractivity contribution is 0.355. The summed E-state index contributed by atoms with van der Waals surface area (Å²) in [6, 6.07) is 9.92. The zero-order valence-electron chi connectivity index (χ0n) is 18.9. The first-order valence-electron chi connectivity index (χ1n) is 10.6. The number of pyridine rings is 1. The summed E-state index contributed by atoms with van der Waals surface area (Å²) < 4.78 is 10.7. The highest BCUT2D eigenvalue weighted by atomic mass is 127. The van der Waals surface area contributed by atoms with E-state index < -0.39 is 0 Å². The number of nitrogens with zero attached hydrogens (tertiary/aromatic N) is 3. The Morgan fingerprint density at radius 2 is 1.87 bits per heavy atom. The highest BCUT2D eigenvalue weighted by Crippen LogP contribution is 2.29. The highest BCUT2D eigenvalue weighted by molar-refractivity contribution is 14.0. The van der Waals surface area contributed by atoms with Crippen molar-refractivity contribution in [1.82, 2.24) is 10.3 Å². The van der Waals surface area contributed by atoms with E-state index in [4.69, 9.17) is 14.5 Å². The van der Waals surface area contributed by atoms with Gasteiger partial charge in [0, 0.05) is 37.6 Å². The van der Waals surface area contributed by atoms with Crippen LogP contribution in [0.4, 0.5) is 11.5 Å². The molecule has 1 aliphatic heterocycles. The van der Waals surface area contributed by atoms with Crippen LogP contribution in [-0.2, 0) is 6.54 Å². The molecule has 1 aliphatic rings. The third-order valence-electron chi connectivity index (χ3n) is 5.33. The van der Waals surface area contributed by atoms with Crippen LogP contribution in [0.2, 0.25) is 0 Å². The van der Waals surface area contributed by atoms with Crippen LogP contribution in [0.1, 0.15) is 32.3 Å². The second-order valence-corrected chi connectivity index (χ2v) is 7.58. The summed E-state index contributed by atoms with van der Waals surface area (Å²) >= 11 is 0. The number of piperidine rings is 1. The fourth-order valence-electron chi connectivity index (χ4n) is 3.46. The summed E-state index contributed by atoms with van der Waals surface area (Å²) in [5.74, 6) is 3.95. The number of anilines is 2. The van der Waals surface area contributed by atoms with Crippen molar-refractivity contribution in [3.05, 3.63) is 42.1 Å². The van der Waals surface area contributed by atoms with E-state index in [0.29, 0.717) is 24.0 Å².